The standard InChI is InChI=1S/C10H17N3O/c1-8(5-11)10(14)12-6-9-3-4-13(2)7-9/h3-4,7-8H,5-6,11H2,1-2H3,(H,12,14). The molecule has 1 heterocycles. The average molecular weight is 195 g/mol. The molecule has 1 amide bonds. The topological polar surface area (TPSA) is 60.1 Å². The second-order valence-electron chi connectivity index (χ2n) is 3.54. The van der Waals surface area contributed by atoms with Crippen molar-refractivity contribution >= 4 is 5.91 Å². The highest BCUT2D eigenvalue weighted by Gasteiger charge is 2.09. The molecule has 0 aliphatic heterocycles. The van der Waals surface area contributed by atoms with E-state index in [-0.39, 0.29) is 11.8 Å². The quantitative estimate of drug-likeness (QED) is 0.722. The average Bonchev–Trinajstić information content (AvgIpc) is 2.59. The van der Waals surface area contributed by atoms with E-state index in [1.807, 2.05) is 37.0 Å². The summed E-state index contributed by atoms with van der Waals surface area (Å²) >= 11 is 0. The predicted molar refractivity (Wildman–Crippen MR) is 55.5 cm³/mol. The Kier molecular flexibility index (Phi) is 3.71. The Morgan fingerprint density at radius 2 is 2.43 bits per heavy atom. The molecule has 0 radical (unpaired) electrons. The molecule has 4 heteroatoms. The third kappa shape index (κ3) is 2.88. The molecular weight excluding hydrogens is 178 g/mol. The van der Waals surface area contributed by atoms with Crippen molar-refractivity contribution < 1.29 is 4.79 Å². The molecule has 0 spiro atoms. The molecule has 1 unspecified atom stereocenters. The van der Waals surface area contributed by atoms with Crippen molar-refractivity contribution in [3.8, 4) is 0 Å². The molecule has 0 aliphatic carbocycles. The largest absolute Gasteiger partial charge is 0.357 e. The van der Waals surface area contributed by atoms with Crippen LogP contribution in [0.4, 0.5) is 0 Å². The lowest BCUT2D eigenvalue weighted by Gasteiger charge is -2.08. The fraction of sp³-hybridized carbons (Fsp3) is 0.500. The first-order chi connectivity index (χ1) is 6.63. The van der Waals surface area contributed by atoms with Crippen molar-refractivity contribution in [3.05, 3.63) is 24.0 Å². The van der Waals surface area contributed by atoms with Gasteiger partial charge in [0.1, 0.15) is 0 Å². The van der Waals surface area contributed by atoms with Crippen LogP contribution in [0.2, 0.25) is 0 Å². The summed E-state index contributed by atoms with van der Waals surface area (Å²) in [6.07, 6.45) is 3.93. The Hall–Kier alpha value is -1.29. The number of carbonyl (C=O) groups is 1. The number of aromatic nitrogens is 1. The molecule has 0 saturated carbocycles. The molecule has 0 fully saturated rings. The maximum absolute atomic E-state index is 11.4. The third-order valence-electron chi connectivity index (χ3n) is 2.16. The van der Waals surface area contributed by atoms with Crippen LogP contribution in [0.15, 0.2) is 18.5 Å². The van der Waals surface area contributed by atoms with Crippen LogP contribution in [0, 0.1) is 5.92 Å². The first kappa shape index (κ1) is 10.8. The van der Waals surface area contributed by atoms with E-state index in [2.05, 4.69) is 5.32 Å². The van der Waals surface area contributed by atoms with Crippen molar-refractivity contribution in [3.63, 3.8) is 0 Å². The number of hydrogen-bond donors (Lipinski definition) is 2. The van der Waals surface area contributed by atoms with Crippen LogP contribution < -0.4 is 11.1 Å². The van der Waals surface area contributed by atoms with E-state index in [1.165, 1.54) is 0 Å². The molecule has 1 aromatic heterocycles. The van der Waals surface area contributed by atoms with Crippen molar-refractivity contribution in [1.29, 1.82) is 0 Å². The fourth-order valence-corrected chi connectivity index (χ4v) is 1.14. The molecule has 0 saturated heterocycles. The lowest BCUT2D eigenvalue weighted by atomic mass is 10.1. The Bertz CT molecular complexity index is 306. The van der Waals surface area contributed by atoms with Crippen LogP contribution >= 0.6 is 0 Å². The van der Waals surface area contributed by atoms with Crippen molar-refractivity contribution in [2.45, 2.75) is 13.5 Å². The highest BCUT2D eigenvalue weighted by Crippen LogP contribution is 1.99. The summed E-state index contributed by atoms with van der Waals surface area (Å²) in [5.41, 5.74) is 6.48. The summed E-state index contributed by atoms with van der Waals surface area (Å²) in [5, 5.41) is 2.83. The van der Waals surface area contributed by atoms with Crippen molar-refractivity contribution in [2.75, 3.05) is 6.54 Å². The number of nitrogens with two attached hydrogens (primary N) is 1. The highest BCUT2D eigenvalue weighted by molar-refractivity contribution is 5.78. The normalized spacial score (nSPS) is 12.5. The van der Waals surface area contributed by atoms with E-state index in [9.17, 15) is 4.79 Å². The predicted octanol–water partition coefficient (Wildman–Crippen LogP) is 0.236. The number of aryl methyl sites for hydroxylation is 1. The van der Waals surface area contributed by atoms with E-state index in [0.717, 1.165) is 5.56 Å². The third-order valence-corrected chi connectivity index (χ3v) is 2.16. The van der Waals surface area contributed by atoms with Gasteiger partial charge in [-0.25, -0.2) is 0 Å². The van der Waals surface area contributed by atoms with E-state index in [1.54, 1.807) is 0 Å². The van der Waals surface area contributed by atoms with Gasteiger partial charge in [0, 0.05) is 38.4 Å². The van der Waals surface area contributed by atoms with Crippen molar-refractivity contribution in [2.24, 2.45) is 18.7 Å². The first-order valence-electron chi connectivity index (χ1n) is 4.72. The van der Waals surface area contributed by atoms with Crippen molar-refractivity contribution in [1.82, 2.24) is 9.88 Å². The summed E-state index contributed by atoms with van der Waals surface area (Å²) in [7, 11) is 1.95. The van der Waals surface area contributed by atoms with Crippen LogP contribution in [-0.2, 0) is 18.4 Å². The van der Waals surface area contributed by atoms with Gasteiger partial charge in [-0.3, -0.25) is 4.79 Å². The summed E-state index contributed by atoms with van der Waals surface area (Å²) in [6.45, 7) is 2.78. The second kappa shape index (κ2) is 4.81. The monoisotopic (exact) mass is 195 g/mol. The zero-order valence-electron chi connectivity index (χ0n) is 8.66. The minimum absolute atomic E-state index is 0.0105. The zero-order valence-corrected chi connectivity index (χ0v) is 8.66. The van der Waals surface area contributed by atoms with Crippen LogP contribution in [0.1, 0.15) is 12.5 Å². The van der Waals surface area contributed by atoms with Gasteiger partial charge in [-0.1, -0.05) is 6.92 Å². The van der Waals surface area contributed by atoms with E-state index < -0.39 is 0 Å². The van der Waals surface area contributed by atoms with Crippen LogP contribution in [0.3, 0.4) is 0 Å². The van der Waals surface area contributed by atoms with Gasteiger partial charge in [0.2, 0.25) is 5.91 Å². The number of nitrogens with zero attached hydrogens (tertiary/aromatic N) is 1. The van der Waals surface area contributed by atoms with Gasteiger partial charge in [0.25, 0.3) is 0 Å². The minimum Gasteiger partial charge on any atom is -0.357 e. The highest BCUT2D eigenvalue weighted by atomic mass is 16.1. The molecular formula is C10H17N3O. The zero-order chi connectivity index (χ0) is 10.6. The van der Waals surface area contributed by atoms with E-state index in [0.29, 0.717) is 13.1 Å². The number of nitrogens with one attached hydrogen (secondary N) is 1. The van der Waals surface area contributed by atoms with E-state index in [4.69, 9.17) is 5.73 Å². The maximum atomic E-state index is 11.4. The van der Waals surface area contributed by atoms with Gasteiger partial charge in [0.05, 0.1) is 0 Å². The SMILES string of the molecule is CC(CN)C(=O)NCc1ccn(C)c1. The molecule has 1 atom stereocenters. The molecule has 1 rings (SSSR count). The molecule has 14 heavy (non-hydrogen) atoms. The van der Waals surface area contributed by atoms with Gasteiger partial charge in [0.15, 0.2) is 0 Å². The van der Waals surface area contributed by atoms with Gasteiger partial charge in [-0.2, -0.15) is 0 Å². The van der Waals surface area contributed by atoms with Crippen LogP contribution in [0.5, 0.6) is 0 Å². The number of hydrogen-bond acceptors (Lipinski definition) is 2. The summed E-state index contributed by atoms with van der Waals surface area (Å²) < 4.78 is 1.95. The van der Waals surface area contributed by atoms with E-state index >= 15 is 0 Å². The minimum atomic E-state index is -0.112. The van der Waals surface area contributed by atoms with Gasteiger partial charge >= 0.3 is 0 Å². The van der Waals surface area contributed by atoms with Gasteiger partial charge in [-0.15, -0.1) is 0 Å². The molecule has 3 N–H and O–H groups in total. The van der Waals surface area contributed by atoms with Gasteiger partial charge < -0.3 is 15.6 Å². The smallest absolute Gasteiger partial charge is 0.224 e. The molecule has 0 bridgehead atoms. The fourth-order valence-electron chi connectivity index (χ4n) is 1.14. The Balaban J connectivity index is 2.37. The molecule has 1 aromatic rings. The second-order valence-corrected chi connectivity index (χ2v) is 3.54. The Morgan fingerprint density at radius 3 is 2.93 bits per heavy atom. The molecule has 78 valence electrons. The summed E-state index contributed by atoms with van der Waals surface area (Å²) in [4.78, 5) is 11.4. The molecule has 4 nitrogen and oxygen atoms in total. The van der Waals surface area contributed by atoms with Gasteiger partial charge in [-0.05, 0) is 11.6 Å². The lowest BCUT2D eigenvalue weighted by molar-refractivity contribution is -0.124. The summed E-state index contributed by atoms with van der Waals surface area (Å²) in [5.74, 6) is -0.102. The number of carbonyl (C=O) groups excluding carboxylic acids is 1. The Morgan fingerprint density at radius 1 is 1.71 bits per heavy atom. The maximum Gasteiger partial charge on any atom is 0.224 e. The number of rotatable bonds is 4. The molecule has 0 aromatic carbocycles. The lowest BCUT2D eigenvalue weighted by Crippen LogP contribution is -2.32. The number of amides is 1. The first-order valence-corrected chi connectivity index (χ1v) is 4.72. The Labute approximate surface area is 84.1 Å². The van der Waals surface area contributed by atoms with Crippen LogP contribution in [0.25, 0.3) is 0 Å². The summed E-state index contributed by atoms with van der Waals surface area (Å²) in [6, 6.07) is 1.98. The molecule has 0 aliphatic rings. The van der Waals surface area contributed by atoms with Crippen LogP contribution in [-0.4, -0.2) is 17.0 Å².